The minimum Gasteiger partial charge on any atom is -0.278 e. The summed E-state index contributed by atoms with van der Waals surface area (Å²) < 4.78 is 38.6. The topological polar surface area (TPSA) is 37.3 Å². The Labute approximate surface area is 130 Å². The van der Waals surface area contributed by atoms with E-state index in [2.05, 4.69) is 15.5 Å². The molecule has 0 aliphatic carbocycles. The molecular weight excluding hydrogens is 303 g/mol. The molecule has 23 heavy (non-hydrogen) atoms. The zero-order chi connectivity index (χ0) is 16.3. The molecule has 0 fully saturated rings. The smallest absolute Gasteiger partial charge is 0.278 e. The number of benzene rings is 2. The SMILES string of the molecule is FC(F)(F)c1ccc2nccc(NN=Cc3ccccc3)c2c1. The Morgan fingerprint density at radius 2 is 1.78 bits per heavy atom. The van der Waals surface area contributed by atoms with Gasteiger partial charge in [-0.3, -0.25) is 10.4 Å². The average molecular weight is 315 g/mol. The monoisotopic (exact) mass is 315 g/mol. The van der Waals surface area contributed by atoms with E-state index >= 15 is 0 Å². The standard InChI is InChI=1S/C17H12F3N3/c18-17(19,20)13-6-7-15-14(10-13)16(8-9-21-15)23-22-11-12-4-2-1-3-5-12/h1-11H,(H,21,23). The molecule has 6 heteroatoms. The summed E-state index contributed by atoms with van der Waals surface area (Å²) in [6.07, 6.45) is -1.27. The van der Waals surface area contributed by atoms with E-state index in [1.165, 1.54) is 12.3 Å². The number of hydrogen-bond donors (Lipinski definition) is 1. The van der Waals surface area contributed by atoms with Gasteiger partial charge in [0.05, 0.1) is 23.0 Å². The quantitative estimate of drug-likeness (QED) is 0.562. The lowest BCUT2D eigenvalue weighted by molar-refractivity contribution is -0.137. The third-order valence-electron chi connectivity index (χ3n) is 3.27. The maximum Gasteiger partial charge on any atom is 0.416 e. The van der Waals surface area contributed by atoms with E-state index < -0.39 is 11.7 Å². The summed E-state index contributed by atoms with van der Waals surface area (Å²) in [4.78, 5) is 4.07. The molecule has 116 valence electrons. The lowest BCUT2D eigenvalue weighted by Crippen LogP contribution is -2.04. The molecule has 0 unspecified atom stereocenters. The molecule has 0 saturated heterocycles. The van der Waals surface area contributed by atoms with Crippen LogP contribution in [-0.2, 0) is 6.18 Å². The van der Waals surface area contributed by atoms with Crippen LogP contribution < -0.4 is 5.43 Å². The van der Waals surface area contributed by atoms with Crippen molar-refractivity contribution < 1.29 is 13.2 Å². The highest BCUT2D eigenvalue weighted by Gasteiger charge is 2.30. The van der Waals surface area contributed by atoms with E-state index in [4.69, 9.17) is 0 Å². The second kappa shape index (κ2) is 6.08. The van der Waals surface area contributed by atoms with Crippen LogP contribution in [0.4, 0.5) is 18.9 Å². The minimum absolute atomic E-state index is 0.368. The van der Waals surface area contributed by atoms with Gasteiger partial charge in [0.1, 0.15) is 0 Å². The fourth-order valence-corrected chi connectivity index (χ4v) is 2.14. The van der Waals surface area contributed by atoms with Crippen molar-refractivity contribution in [3.63, 3.8) is 0 Å². The first kappa shape index (κ1) is 15.0. The summed E-state index contributed by atoms with van der Waals surface area (Å²) in [5, 5.41) is 4.44. The number of hydrazone groups is 1. The van der Waals surface area contributed by atoms with Crippen LogP contribution in [0, 0.1) is 0 Å². The summed E-state index contributed by atoms with van der Waals surface area (Å²) >= 11 is 0. The molecule has 0 spiro atoms. The van der Waals surface area contributed by atoms with E-state index in [-0.39, 0.29) is 0 Å². The molecule has 0 aliphatic rings. The molecule has 3 nitrogen and oxygen atoms in total. The van der Waals surface area contributed by atoms with Crippen LogP contribution in [0.25, 0.3) is 10.9 Å². The molecular formula is C17H12F3N3. The van der Waals surface area contributed by atoms with Crippen molar-refractivity contribution in [2.45, 2.75) is 6.18 Å². The molecule has 3 rings (SSSR count). The van der Waals surface area contributed by atoms with Crippen molar-refractivity contribution >= 4 is 22.8 Å². The van der Waals surface area contributed by atoms with Crippen LogP contribution in [0.15, 0.2) is 65.9 Å². The van der Waals surface area contributed by atoms with Gasteiger partial charge >= 0.3 is 6.18 Å². The molecule has 3 aromatic rings. The van der Waals surface area contributed by atoms with Gasteiger partial charge in [-0.15, -0.1) is 0 Å². The molecule has 0 aliphatic heterocycles. The molecule has 1 N–H and O–H groups in total. The highest BCUT2D eigenvalue weighted by Crippen LogP contribution is 2.33. The number of fused-ring (bicyclic) bond motifs is 1. The summed E-state index contributed by atoms with van der Waals surface area (Å²) in [6.45, 7) is 0. The number of pyridine rings is 1. The number of alkyl halides is 3. The third-order valence-corrected chi connectivity index (χ3v) is 3.27. The van der Waals surface area contributed by atoms with Crippen molar-refractivity contribution in [2.24, 2.45) is 5.10 Å². The molecule has 0 radical (unpaired) electrons. The van der Waals surface area contributed by atoms with E-state index in [0.29, 0.717) is 16.6 Å². The molecule has 2 aromatic carbocycles. The lowest BCUT2D eigenvalue weighted by atomic mass is 10.1. The van der Waals surface area contributed by atoms with Crippen LogP contribution in [0.3, 0.4) is 0 Å². The first-order chi connectivity index (χ1) is 11.0. The Hall–Kier alpha value is -2.89. The van der Waals surface area contributed by atoms with Crippen LogP contribution in [0.1, 0.15) is 11.1 Å². The van der Waals surface area contributed by atoms with Gasteiger partial charge < -0.3 is 0 Å². The van der Waals surface area contributed by atoms with Gasteiger partial charge in [-0.2, -0.15) is 18.3 Å². The second-order valence-electron chi connectivity index (χ2n) is 4.87. The number of aromatic nitrogens is 1. The van der Waals surface area contributed by atoms with Gasteiger partial charge in [0.2, 0.25) is 0 Å². The van der Waals surface area contributed by atoms with E-state index in [0.717, 1.165) is 17.7 Å². The fraction of sp³-hybridized carbons (Fsp3) is 0.0588. The molecule has 0 saturated carbocycles. The molecule has 0 amide bonds. The molecule has 0 atom stereocenters. The summed E-state index contributed by atoms with van der Waals surface area (Å²) in [6, 6.07) is 14.4. The van der Waals surface area contributed by atoms with Gasteiger partial charge in [-0.25, -0.2) is 0 Å². The Morgan fingerprint density at radius 1 is 1.00 bits per heavy atom. The molecule has 1 heterocycles. The van der Waals surface area contributed by atoms with Crippen LogP contribution in [0.2, 0.25) is 0 Å². The molecule has 1 aromatic heterocycles. The highest BCUT2D eigenvalue weighted by atomic mass is 19.4. The minimum atomic E-state index is -4.39. The number of nitrogens with zero attached hydrogens (tertiary/aromatic N) is 2. The highest BCUT2D eigenvalue weighted by molar-refractivity contribution is 5.92. The number of rotatable bonds is 3. The van der Waals surface area contributed by atoms with E-state index in [9.17, 15) is 13.2 Å². The lowest BCUT2D eigenvalue weighted by Gasteiger charge is -2.10. The molecule has 0 bridgehead atoms. The van der Waals surface area contributed by atoms with Gasteiger partial charge in [-0.05, 0) is 29.8 Å². The van der Waals surface area contributed by atoms with Crippen LogP contribution in [0.5, 0.6) is 0 Å². The summed E-state index contributed by atoms with van der Waals surface area (Å²) in [5.41, 5.74) is 3.88. The largest absolute Gasteiger partial charge is 0.416 e. The predicted octanol–water partition coefficient (Wildman–Crippen LogP) is 4.70. The van der Waals surface area contributed by atoms with Gasteiger partial charge in [0.25, 0.3) is 0 Å². The van der Waals surface area contributed by atoms with E-state index in [1.807, 2.05) is 30.3 Å². The van der Waals surface area contributed by atoms with Gasteiger partial charge in [0.15, 0.2) is 0 Å². The van der Waals surface area contributed by atoms with Crippen molar-refractivity contribution in [2.75, 3.05) is 5.43 Å². The van der Waals surface area contributed by atoms with E-state index in [1.54, 1.807) is 12.3 Å². The average Bonchev–Trinajstić information content (AvgIpc) is 2.55. The Bertz CT molecular complexity index is 843. The zero-order valence-corrected chi connectivity index (χ0v) is 11.9. The Kier molecular flexibility index (Phi) is 3.97. The number of halogens is 3. The zero-order valence-electron chi connectivity index (χ0n) is 11.9. The van der Waals surface area contributed by atoms with Crippen molar-refractivity contribution in [3.05, 3.63) is 71.9 Å². The number of nitrogens with one attached hydrogen (secondary N) is 1. The first-order valence-corrected chi connectivity index (χ1v) is 6.84. The van der Waals surface area contributed by atoms with Crippen LogP contribution >= 0.6 is 0 Å². The van der Waals surface area contributed by atoms with Crippen molar-refractivity contribution in [1.82, 2.24) is 4.98 Å². The maximum atomic E-state index is 12.9. The second-order valence-corrected chi connectivity index (χ2v) is 4.87. The number of hydrogen-bond acceptors (Lipinski definition) is 3. The van der Waals surface area contributed by atoms with Crippen LogP contribution in [-0.4, -0.2) is 11.2 Å². The number of anilines is 1. The Balaban J connectivity index is 1.92. The fourth-order valence-electron chi connectivity index (χ4n) is 2.14. The predicted molar refractivity (Wildman–Crippen MR) is 84.4 cm³/mol. The first-order valence-electron chi connectivity index (χ1n) is 6.84. The van der Waals surface area contributed by atoms with Crippen molar-refractivity contribution in [1.29, 1.82) is 0 Å². The van der Waals surface area contributed by atoms with Gasteiger partial charge in [0, 0.05) is 11.6 Å². The maximum absolute atomic E-state index is 12.9. The van der Waals surface area contributed by atoms with Crippen molar-refractivity contribution in [3.8, 4) is 0 Å². The van der Waals surface area contributed by atoms with Gasteiger partial charge in [-0.1, -0.05) is 30.3 Å². The summed E-state index contributed by atoms with van der Waals surface area (Å²) in [7, 11) is 0. The normalized spacial score (nSPS) is 12.0. The summed E-state index contributed by atoms with van der Waals surface area (Å²) in [5.74, 6) is 0. The Morgan fingerprint density at radius 3 is 2.52 bits per heavy atom. The third kappa shape index (κ3) is 3.48.